The van der Waals surface area contributed by atoms with Crippen LogP contribution in [0.5, 0.6) is 0 Å². The molecule has 0 heterocycles. The minimum Gasteiger partial charge on any atom is -0.339 e. The maximum absolute atomic E-state index is 12.5. The van der Waals surface area contributed by atoms with Crippen molar-refractivity contribution < 1.29 is 4.79 Å². The van der Waals surface area contributed by atoms with Crippen molar-refractivity contribution in [2.75, 3.05) is 5.32 Å². The molecule has 0 bridgehead atoms. The van der Waals surface area contributed by atoms with E-state index in [1.54, 1.807) is 24.3 Å². The van der Waals surface area contributed by atoms with Crippen molar-refractivity contribution in [2.24, 2.45) is 0 Å². The molecule has 1 unspecified atom stereocenters. The van der Waals surface area contributed by atoms with E-state index in [1.165, 1.54) is 0 Å². The van der Waals surface area contributed by atoms with Gasteiger partial charge < -0.3 is 16.0 Å². The van der Waals surface area contributed by atoms with Crippen LogP contribution in [0.2, 0.25) is 0 Å². The molecule has 0 aliphatic heterocycles. The number of hydrogen-bond donors (Lipinski definition) is 3. The van der Waals surface area contributed by atoms with Crippen LogP contribution in [0.4, 0.5) is 5.69 Å². The van der Waals surface area contributed by atoms with E-state index in [1.807, 2.05) is 31.2 Å². The van der Waals surface area contributed by atoms with Crippen LogP contribution >= 0.6 is 63.0 Å². The number of carbonyl (C=O) groups excluding carboxylic acids is 1. The predicted octanol–water partition coefficient (Wildman–Crippen LogP) is 5.17. The summed E-state index contributed by atoms with van der Waals surface area (Å²) >= 11 is 26.6. The Morgan fingerprint density at radius 3 is 2.42 bits per heavy atom. The van der Waals surface area contributed by atoms with Gasteiger partial charge in [-0.2, -0.15) is 0 Å². The Labute approximate surface area is 180 Å². The van der Waals surface area contributed by atoms with Gasteiger partial charge in [0.05, 0.1) is 5.56 Å². The molecule has 2 aromatic rings. The lowest BCUT2D eigenvalue weighted by molar-refractivity contribution is 0.0934. The van der Waals surface area contributed by atoms with E-state index < -0.39 is 15.9 Å². The fourth-order valence-corrected chi connectivity index (χ4v) is 3.10. The van der Waals surface area contributed by atoms with E-state index >= 15 is 0 Å². The Balaban J connectivity index is 2.09. The first-order chi connectivity index (χ1) is 12.2. The number of thiocarbonyl (C=S) groups is 1. The van der Waals surface area contributed by atoms with Gasteiger partial charge in [0, 0.05) is 10.2 Å². The Kier molecular flexibility index (Phi) is 7.55. The number of nitrogens with one attached hydrogen (secondary N) is 3. The summed E-state index contributed by atoms with van der Waals surface area (Å²) in [5.74, 6) is -0.417. The van der Waals surface area contributed by atoms with Crippen LogP contribution in [0.25, 0.3) is 0 Å². The monoisotopic (exact) mass is 493 g/mol. The zero-order valence-corrected chi connectivity index (χ0v) is 18.2. The second kappa shape index (κ2) is 9.24. The summed E-state index contributed by atoms with van der Waals surface area (Å²) in [6, 6.07) is 14.6. The van der Waals surface area contributed by atoms with Gasteiger partial charge in [-0.3, -0.25) is 4.79 Å². The maximum Gasteiger partial charge on any atom is 0.254 e. The van der Waals surface area contributed by atoms with E-state index in [9.17, 15) is 4.79 Å². The average molecular weight is 496 g/mol. The minimum atomic E-state index is -1.82. The molecule has 0 saturated carbocycles. The first-order valence-corrected chi connectivity index (χ1v) is 9.76. The number of halogens is 4. The number of alkyl halides is 3. The normalized spacial score (nSPS) is 12.2. The number of benzene rings is 2. The molecule has 0 aliphatic carbocycles. The molecule has 2 aromatic carbocycles. The summed E-state index contributed by atoms with van der Waals surface area (Å²) in [4.78, 5) is 12.5. The van der Waals surface area contributed by atoms with Crippen LogP contribution in [0.3, 0.4) is 0 Å². The summed E-state index contributed by atoms with van der Waals surface area (Å²) in [6.45, 7) is 1.96. The minimum absolute atomic E-state index is 0.208. The third kappa shape index (κ3) is 6.28. The molecule has 26 heavy (non-hydrogen) atoms. The first-order valence-electron chi connectivity index (χ1n) is 7.43. The Morgan fingerprint density at radius 1 is 1.12 bits per heavy atom. The van der Waals surface area contributed by atoms with E-state index in [2.05, 4.69) is 31.9 Å². The number of anilines is 1. The molecule has 3 N–H and O–H groups in total. The number of aryl methyl sites for hydroxylation is 1. The van der Waals surface area contributed by atoms with Crippen LogP contribution in [0.15, 0.2) is 53.0 Å². The van der Waals surface area contributed by atoms with Gasteiger partial charge in [0.25, 0.3) is 5.91 Å². The van der Waals surface area contributed by atoms with Gasteiger partial charge in [0.2, 0.25) is 3.79 Å². The molecule has 9 heteroatoms. The van der Waals surface area contributed by atoms with Gasteiger partial charge in [-0.25, -0.2) is 0 Å². The molecular weight excluding hydrogens is 481 g/mol. The van der Waals surface area contributed by atoms with Gasteiger partial charge >= 0.3 is 0 Å². The number of amides is 1. The Morgan fingerprint density at radius 2 is 1.81 bits per heavy atom. The molecule has 0 aliphatic rings. The van der Waals surface area contributed by atoms with Gasteiger partial charge in [-0.1, -0.05) is 59.1 Å². The van der Waals surface area contributed by atoms with Crippen molar-refractivity contribution in [1.29, 1.82) is 0 Å². The van der Waals surface area contributed by atoms with E-state index in [0.29, 0.717) is 10.0 Å². The molecule has 4 nitrogen and oxygen atoms in total. The molecule has 1 atom stereocenters. The highest BCUT2D eigenvalue weighted by Crippen LogP contribution is 2.29. The van der Waals surface area contributed by atoms with Crippen LogP contribution in [-0.4, -0.2) is 21.0 Å². The summed E-state index contributed by atoms with van der Waals surface area (Å²) in [7, 11) is 0. The van der Waals surface area contributed by atoms with Gasteiger partial charge in [0.1, 0.15) is 6.17 Å². The second-order valence-electron chi connectivity index (χ2n) is 5.40. The van der Waals surface area contributed by atoms with Crippen LogP contribution < -0.4 is 16.0 Å². The van der Waals surface area contributed by atoms with E-state index in [-0.39, 0.29) is 5.11 Å². The molecular formula is C17H15BrCl3N3OS. The van der Waals surface area contributed by atoms with Gasteiger partial charge in [-0.15, -0.1) is 0 Å². The first kappa shape index (κ1) is 21.3. The fraction of sp³-hybridized carbons (Fsp3) is 0.176. The smallest absolute Gasteiger partial charge is 0.254 e. The summed E-state index contributed by atoms with van der Waals surface area (Å²) in [6.07, 6.45) is -1.04. The topological polar surface area (TPSA) is 53.2 Å². The van der Waals surface area contributed by atoms with Crippen LogP contribution in [0.1, 0.15) is 15.9 Å². The van der Waals surface area contributed by atoms with Gasteiger partial charge in [0.15, 0.2) is 5.11 Å². The summed E-state index contributed by atoms with van der Waals surface area (Å²) < 4.78 is -1.20. The SMILES string of the molecule is Cc1cccc(NC(=S)NC(NC(=O)c2ccccc2Br)C(Cl)(Cl)Cl)c1. The average Bonchev–Trinajstić information content (AvgIpc) is 2.53. The van der Waals surface area contributed by atoms with Gasteiger partial charge in [-0.05, 0) is 64.9 Å². The lowest BCUT2D eigenvalue weighted by atomic mass is 10.2. The molecule has 0 saturated heterocycles. The van der Waals surface area contributed by atoms with Crippen LogP contribution in [-0.2, 0) is 0 Å². The molecule has 0 aromatic heterocycles. The van der Waals surface area contributed by atoms with Crippen molar-refractivity contribution in [3.05, 3.63) is 64.1 Å². The van der Waals surface area contributed by atoms with Crippen LogP contribution in [0, 0.1) is 6.92 Å². The number of carbonyl (C=O) groups is 1. The largest absolute Gasteiger partial charge is 0.339 e. The highest BCUT2D eigenvalue weighted by Gasteiger charge is 2.35. The summed E-state index contributed by atoms with van der Waals surface area (Å²) in [5.41, 5.74) is 2.26. The standard InChI is InChI=1S/C17H15BrCl3N3OS/c1-10-5-4-6-11(9-10)22-16(26)24-15(17(19,20)21)23-14(25)12-7-2-3-8-13(12)18/h2-9,15H,1H3,(H,23,25)(H2,22,24,26). The van der Waals surface area contributed by atoms with Crippen molar-refractivity contribution >= 4 is 79.7 Å². The molecule has 1 amide bonds. The molecule has 0 fully saturated rings. The molecule has 2 rings (SSSR count). The van der Waals surface area contributed by atoms with E-state index in [0.717, 1.165) is 11.3 Å². The Hall–Kier alpha value is -1.05. The van der Waals surface area contributed by atoms with Crippen molar-refractivity contribution in [1.82, 2.24) is 10.6 Å². The zero-order valence-electron chi connectivity index (χ0n) is 13.5. The quantitative estimate of drug-likeness (QED) is 0.311. The predicted molar refractivity (Wildman–Crippen MR) is 116 cm³/mol. The molecule has 0 radical (unpaired) electrons. The van der Waals surface area contributed by atoms with Crippen molar-refractivity contribution in [2.45, 2.75) is 16.9 Å². The van der Waals surface area contributed by atoms with Crippen molar-refractivity contribution in [3.8, 4) is 0 Å². The Bertz CT molecular complexity index is 814. The lowest BCUT2D eigenvalue weighted by Crippen LogP contribution is -2.56. The number of rotatable bonds is 4. The zero-order chi connectivity index (χ0) is 19.3. The highest BCUT2D eigenvalue weighted by molar-refractivity contribution is 9.10. The van der Waals surface area contributed by atoms with Crippen molar-refractivity contribution in [3.63, 3.8) is 0 Å². The number of hydrogen-bond acceptors (Lipinski definition) is 2. The summed E-state index contributed by atoms with van der Waals surface area (Å²) in [5, 5.41) is 8.66. The highest BCUT2D eigenvalue weighted by atomic mass is 79.9. The third-order valence-electron chi connectivity index (χ3n) is 3.27. The fourth-order valence-electron chi connectivity index (χ4n) is 2.08. The molecule has 0 spiro atoms. The van der Waals surface area contributed by atoms with E-state index in [4.69, 9.17) is 47.0 Å². The third-order valence-corrected chi connectivity index (χ3v) is 4.84. The second-order valence-corrected chi connectivity index (χ2v) is 9.03. The lowest BCUT2D eigenvalue weighted by Gasteiger charge is -2.28. The molecule has 138 valence electrons. The maximum atomic E-state index is 12.5.